The van der Waals surface area contributed by atoms with Gasteiger partial charge in [0, 0.05) is 6.54 Å². The molecule has 0 aliphatic carbocycles. The number of aliphatic hydroxyl groups is 1. The van der Waals surface area contributed by atoms with E-state index >= 15 is 0 Å². The summed E-state index contributed by atoms with van der Waals surface area (Å²) in [5, 5.41) is 20.9. The molecule has 0 saturated heterocycles. The van der Waals surface area contributed by atoms with E-state index in [0.29, 0.717) is 6.54 Å². The lowest BCUT2D eigenvalue weighted by atomic mass is 10.1. The minimum Gasteiger partial charge on any atom is -0.393 e. The van der Waals surface area contributed by atoms with Gasteiger partial charge in [0.1, 0.15) is 0 Å². The summed E-state index contributed by atoms with van der Waals surface area (Å²) in [6.07, 6.45) is 3.35. The van der Waals surface area contributed by atoms with Crippen molar-refractivity contribution in [2.75, 3.05) is 6.54 Å². The molecule has 0 aliphatic rings. The first-order valence-corrected chi connectivity index (χ1v) is 6.24. The van der Waals surface area contributed by atoms with Crippen LogP contribution < -0.4 is 5.32 Å². The standard InChI is InChI=1S/C12H24N4O/c1-5-11(17)6-7-13-8-10-9-16(15-14-10)12(2,3)4/h9,11,13,17H,5-8H2,1-4H3. The van der Waals surface area contributed by atoms with E-state index in [1.54, 1.807) is 0 Å². The Morgan fingerprint density at radius 1 is 1.47 bits per heavy atom. The summed E-state index contributed by atoms with van der Waals surface area (Å²) in [6.45, 7) is 9.77. The molecular formula is C12H24N4O. The molecule has 5 heteroatoms. The van der Waals surface area contributed by atoms with E-state index in [0.717, 1.165) is 25.1 Å². The van der Waals surface area contributed by atoms with Crippen LogP contribution in [0.25, 0.3) is 0 Å². The SMILES string of the molecule is CCC(O)CCNCc1cn(C(C)(C)C)nn1. The number of nitrogens with zero attached hydrogens (tertiary/aromatic N) is 3. The van der Waals surface area contributed by atoms with E-state index in [1.807, 2.05) is 17.8 Å². The average Bonchev–Trinajstić information content (AvgIpc) is 2.72. The van der Waals surface area contributed by atoms with Crippen LogP contribution in [0.3, 0.4) is 0 Å². The Bertz CT molecular complexity index is 329. The maximum Gasteiger partial charge on any atom is 0.0965 e. The Labute approximate surface area is 103 Å². The van der Waals surface area contributed by atoms with Crippen molar-refractivity contribution in [3.05, 3.63) is 11.9 Å². The van der Waals surface area contributed by atoms with Gasteiger partial charge in [0.15, 0.2) is 0 Å². The summed E-state index contributed by atoms with van der Waals surface area (Å²) in [4.78, 5) is 0. The van der Waals surface area contributed by atoms with Crippen LogP contribution in [0.4, 0.5) is 0 Å². The lowest BCUT2D eigenvalue weighted by Crippen LogP contribution is -2.22. The van der Waals surface area contributed by atoms with Gasteiger partial charge in [-0.05, 0) is 40.2 Å². The van der Waals surface area contributed by atoms with Crippen molar-refractivity contribution in [3.8, 4) is 0 Å². The van der Waals surface area contributed by atoms with Crippen LogP contribution in [0.5, 0.6) is 0 Å². The van der Waals surface area contributed by atoms with Gasteiger partial charge in [0.25, 0.3) is 0 Å². The van der Waals surface area contributed by atoms with E-state index in [2.05, 4.69) is 36.4 Å². The molecule has 5 nitrogen and oxygen atoms in total. The van der Waals surface area contributed by atoms with Crippen molar-refractivity contribution in [2.45, 2.75) is 58.7 Å². The molecule has 0 radical (unpaired) electrons. The summed E-state index contributed by atoms with van der Waals surface area (Å²) >= 11 is 0. The van der Waals surface area contributed by atoms with Gasteiger partial charge in [-0.25, -0.2) is 4.68 Å². The maximum absolute atomic E-state index is 9.39. The lowest BCUT2D eigenvalue weighted by Gasteiger charge is -2.17. The average molecular weight is 240 g/mol. The van der Waals surface area contributed by atoms with E-state index in [4.69, 9.17) is 0 Å². The van der Waals surface area contributed by atoms with Crippen molar-refractivity contribution in [3.63, 3.8) is 0 Å². The predicted octanol–water partition coefficient (Wildman–Crippen LogP) is 1.28. The molecule has 0 bridgehead atoms. The van der Waals surface area contributed by atoms with Crippen molar-refractivity contribution in [1.29, 1.82) is 0 Å². The Balaban J connectivity index is 2.31. The molecule has 1 atom stereocenters. The Morgan fingerprint density at radius 2 is 2.18 bits per heavy atom. The Hall–Kier alpha value is -0.940. The zero-order valence-corrected chi connectivity index (χ0v) is 11.3. The molecule has 1 unspecified atom stereocenters. The van der Waals surface area contributed by atoms with Gasteiger partial charge in [-0.15, -0.1) is 5.10 Å². The molecule has 0 spiro atoms. The first kappa shape index (κ1) is 14.1. The number of hydrogen-bond acceptors (Lipinski definition) is 4. The third-order valence-electron chi connectivity index (χ3n) is 2.66. The Morgan fingerprint density at radius 3 is 2.71 bits per heavy atom. The molecule has 98 valence electrons. The zero-order valence-electron chi connectivity index (χ0n) is 11.3. The third-order valence-corrected chi connectivity index (χ3v) is 2.66. The second-order valence-corrected chi connectivity index (χ2v) is 5.35. The highest BCUT2D eigenvalue weighted by Gasteiger charge is 2.14. The molecule has 0 amide bonds. The highest BCUT2D eigenvalue weighted by molar-refractivity contribution is 4.93. The smallest absolute Gasteiger partial charge is 0.0965 e. The van der Waals surface area contributed by atoms with Crippen molar-refractivity contribution in [2.24, 2.45) is 0 Å². The molecule has 1 heterocycles. The third kappa shape index (κ3) is 4.83. The normalized spacial score (nSPS) is 13.9. The first-order chi connectivity index (χ1) is 7.93. The van der Waals surface area contributed by atoms with Crippen LogP contribution in [0.1, 0.15) is 46.2 Å². The zero-order chi connectivity index (χ0) is 12.9. The van der Waals surface area contributed by atoms with Gasteiger partial charge >= 0.3 is 0 Å². The number of aliphatic hydroxyl groups excluding tert-OH is 1. The van der Waals surface area contributed by atoms with Crippen LogP contribution >= 0.6 is 0 Å². The van der Waals surface area contributed by atoms with E-state index in [1.165, 1.54) is 0 Å². The number of nitrogens with one attached hydrogen (secondary N) is 1. The molecule has 2 N–H and O–H groups in total. The van der Waals surface area contributed by atoms with Gasteiger partial charge < -0.3 is 10.4 Å². The van der Waals surface area contributed by atoms with Gasteiger partial charge in [0.2, 0.25) is 0 Å². The summed E-state index contributed by atoms with van der Waals surface area (Å²) in [6, 6.07) is 0. The molecule has 0 fully saturated rings. The molecular weight excluding hydrogens is 216 g/mol. The summed E-state index contributed by atoms with van der Waals surface area (Å²) in [5.74, 6) is 0. The molecule has 1 rings (SSSR count). The fourth-order valence-corrected chi connectivity index (χ4v) is 1.40. The Kier molecular flexibility index (Phi) is 5.08. The number of aromatic nitrogens is 3. The second-order valence-electron chi connectivity index (χ2n) is 5.35. The van der Waals surface area contributed by atoms with Crippen LogP contribution in [0, 0.1) is 0 Å². The topological polar surface area (TPSA) is 63.0 Å². The van der Waals surface area contributed by atoms with E-state index in [-0.39, 0.29) is 11.6 Å². The van der Waals surface area contributed by atoms with Gasteiger partial charge in [-0.1, -0.05) is 12.1 Å². The molecule has 1 aromatic rings. The first-order valence-electron chi connectivity index (χ1n) is 6.24. The maximum atomic E-state index is 9.39. The highest BCUT2D eigenvalue weighted by atomic mass is 16.3. The molecule has 0 saturated carbocycles. The van der Waals surface area contributed by atoms with Crippen LogP contribution in [0.2, 0.25) is 0 Å². The predicted molar refractivity (Wildman–Crippen MR) is 67.6 cm³/mol. The lowest BCUT2D eigenvalue weighted by molar-refractivity contribution is 0.159. The quantitative estimate of drug-likeness (QED) is 0.735. The minimum atomic E-state index is -0.201. The van der Waals surface area contributed by atoms with Gasteiger partial charge in [0.05, 0.1) is 23.5 Å². The number of hydrogen-bond donors (Lipinski definition) is 2. The van der Waals surface area contributed by atoms with Crippen LogP contribution in [-0.2, 0) is 12.1 Å². The van der Waals surface area contributed by atoms with Crippen molar-refractivity contribution < 1.29 is 5.11 Å². The largest absolute Gasteiger partial charge is 0.393 e. The molecule has 0 aliphatic heterocycles. The van der Waals surface area contributed by atoms with Crippen molar-refractivity contribution in [1.82, 2.24) is 20.3 Å². The molecule has 0 aromatic carbocycles. The van der Waals surface area contributed by atoms with Crippen LogP contribution in [0.15, 0.2) is 6.20 Å². The van der Waals surface area contributed by atoms with Gasteiger partial charge in [-0.3, -0.25) is 0 Å². The van der Waals surface area contributed by atoms with Crippen molar-refractivity contribution >= 4 is 0 Å². The fraction of sp³-hybridized carbons (Fsp3) is 0.833. The highest BCUT2D eigenvalue weighted by Crippen LogP contribution is 2.11. The number of rotatable bonds is 6. The summed E-state index contributed by atoms with van der Waals surface area (Å²) in [5.41, 5.74) is 0.912. The molecule has 1 aromatic heterocycles. The van der Waals surface area contributed by atoms with Crippen LogP contribution in [-0.4, -0.2) is 32.7 Å². The van der Waals surface area contributed by atoms with Gasteiger partial charge in [-0.2, -0.15) is 0 Å². The monoisotopic (exact) mass is 240 g/mol. The fourth-order valence-electron chi connectivity index (χ4n) is 1.40. The van der Waals surface area contributed by atoms with E-state index < -0.39 is 0 Å². The summed E-state index contributed by atoms with van der Waals surface area (Å²) < 4.78 is 1.87. The second kappa shape index (κ2) is 6.12. The summed E-state index contributed by atoms with van der Waals surface area (Å²) in [7, 11) is 0. The molecule has 17 heavy (non-hydrogen) atoms. The minimum absolute atomic E-state index is 0.0242. The van der Waals surface area contributed by atoms with E-state index in [9.17, 15) is 5.11 Å².